The van der Waals surface area contributed by atoms with Gasteiger partial charge in [0.25, 0.3) is 0 Å². The molecule has 0 saturated heterocycles. The maximum absolute atomic E-state index is 2.48. The molecule has 3 aromatic carbocycles. The Balaban J connectivity index is 2.14. The molecule has 0 aliphatic heterocycles. The molecule has 0 N–H and O–H groups in total. The van der Waals surface area contributed by atoms with Crippen molar-refractivity contribution in [1.29, 1.82) is 0 Å². The van der Waals surface area contributed by atoms with Crippen molar-refractivity contribution in [3.05, 3.63) is 113 Å². The Labute approximate surface area is 183 Å². The minimum absolute atomic E-state index is 0.419. The number of hydrogen-bond acceptors (Lipinski definition) is 0. The van der Waals surface area contributed by atoms with Gasteiger partial charge in [0.05, 0.1) is 0 Å². The lowest BCUT2D eigenvalue weighted by molar-refractivity contribution is 0.748. The Hall–Kier alpha value is -2.64. The van der Waals surface area contributed by atoms with Crippen molar-refractivity contribution in [2.45, 2.75) is 40.2 Å². The third kappa shape index (κ3) is 3.52. The highest BCUT2D eigenvalue weighted by molar-refractivity contribution is 7.13. The summed E-state index contributed by atoms with van der Waals surface area (Å²) in [6, 6.07) is 27.9. The molecule has 0 bridgehead atoms. The molecule has 1 heteroatoms. The van der Waals surface area contributed by atoms with Crippen molar-refractivity contribution in [2.24, 2.45) is 5.92 Å². The summed E-state index contributed by atoms with van der Waals surface area (Å²) in [5, 5.41) is 4.51. The minimum Gasteiger partial charge on any atom is -0.0790 e. The van der Waals surface area contributed by atoms with Crippen LogP contribution in [0.5, 0.6) is 0 Å². The molecule has 1 atom stereocenters. The van der Waals surface area contributed by atoms with E-state index in [0.717, 1.165) is 0 Å². The third-order valence-corrected chi connectivity index (χ3v) is 11.6. The highest BCUT2D eigenvalue weighted by atomic mass is 28.3. The van der Waals surface area contributed by atoms with Crippen LogP contribution in [0.15, 0.2) is 96.6 Å². The summed E-state index contributed by atoms with van der Waals surface area (Å²) in [5.41, 5.74) is 5.99. The molecule has 152 valence electrons. The summed E-state index contributed by atoms with van der Waals surface area (Å²) >= 11 is 0. The maximum atomic E-state index is 2.48. The average molecular weight is 409 g/mol. The monoisotopic (exact) mass is 408 g/mol. The van der Waals surface area contributed by atoms with E-state index in [1.165, 1.54) is 32.3 Å². The van der Waals surface area contributed by atoms with Crippen LogP contribution in [0, 0.1) is 26.7 Å². The summed E-state index contributed by atoms with van der Waals surface area (Å²) in [7, 11) is -2.37. The first-order valence-electron chi connectivity index (χ1n) is 11.0. The quantitative estimate of drug-likeness (QED) is 0.380. The van der Waals surface area contributed by atoms with Crippen molar-refractivity contribution in [3.8, 4) is 0 Å². The first-order chi connectivity index (χ1) is 14.4. The zero-order valence-electron chi connectivity index (χ0n) is 18.8. The fraction of sp³-hybridized carbons (Fsp3) is 0.241. The van der Waals surface area contributed by atoms with E-state index in [1.54, 1.807) is 5.57 Å². The Bertz CT molecular complexity index is 1010. The Morgan fingerprint density at radius 3 is 1.47 bits per heavy atom. The first-order valence-corrected chi connectivity index (χ1v) is 13.1. The van der Waals surface area contributed by atoms with Gasteiger partial charge in [-0.2, -0.15) is 0 Å². The van der Waals surface area contributed by atoms with E-state index in [2.05, 4.69) is 126 Å². The summed E-state index contributed by atoms with van der Waals surface area (Å²) in [6.45, 7) is 11.3. The van der Waals surface area contributed by atoms with E-state index in [9.17, 15) is 0 Å². The molecule has 3 aromatic rings. The van der Waals surface area contributed by atoms with Crippen molar-refractivity contribution in [3.63, 3.8) is 0 Å². The Morgan fingerprint density at radius 1 is 0.667 bits per heavy atom. The SMILES string of the molecule is Cc1cccc([Si](c2cccc(C)c2)(c2cccc(C)c2)C2C=CC=C2C(C)C)c1. The van der Waals surface area contributed by atoms with E-state index < -0.39 is 8.07 Å². The van der Waals surface area contributed by atoms with Crippen molar-refractivity contribution in [2.75, 3.05) is 0 Å². The van der Waals surface area contributed by atoms with Gasteiger partial charge in [0, 0.05) is 5.54 Å². The Kier molecular flexibility index (Phi) is 5.66. The predicted octanol–water partition coefficient (Wildman–Crippen LogP) is 5.60. The number of aryl methyl sites for hydroxylation is 3. The first kappa shape index (κ1) is 20.6. The van der Waals surface area contributed by atoms with Crippen LogP contribution in [0.2, 0.25) is 5.54 Å². The zero-order valence-corrected chi connectivity index (χ0v) is 19.8. The second-order valence-corrected chi connectivity index (χ2v) is 13.1. The van der Waals surface area contributed by atoms with Gasteiger partial charge in [-0.15, -0.1) is 0 Å². The van der Waals surface area contributed by atoms with Crippen LogP contribution < -0.4 is 15.6 Å². The molecule has 0 amide bonds. The van der Waals surface area contributed by atoms with Gasteiger partial charge in [-0.1, -0.05) is 127 Å². The third-order valence-electron chi connectivity index (χ3n) is 6.50. The van der Waals surface area contributed by atoms with Gasteiger partial charge < -0.3 is 0 Å². The molecule has 4 rings (SSSR count). The van der Waals surface area contributed by atoms with Crippen LogP contribution in [0.4, 0.5) is 0 Å². The molecule has 0 radical (unpaired) electrons. The van der Waals surface area contributed by atoms with E-state index in [-0.39, 0.29) is 0 Å². The van der Waals surface area contributed by atoms with Gasteiger partial charge in [0.15, 0.2) is 8.07 Å². The summed E-state index contributed by atoms with van der Waals surface area (Å²) in [5.74, 6) is 0.524. The van der Waals surface area contributed by atoms with E-state index in [1.807, 2.05) is 0 Å². The van der Waals surface area contributed by atoms with Gasteiger partial charge in [-0.25, -0.2) is 0 Å². The van der Waals surface area contributed by atoms with Crippen LogP contribution in [-0.4, -0.2) is 8.07 Å². The lowest BCUT2D eigenvalue weighted by atomic mass is 10.0. The lowest BCUT2D eigenvalue weighted by Crippen LogP contribution is -2.70. The molecule has 1 unspecified atom stereocenters. The molecule has 0 saturated carbocycles. The van der Waals surface area contributed by atoms with Crippen LogP contribution in [0.25, 0.3) is 0 Å². The van der Waals surface area contributed by atoms with E-state index in [0.29, 0.717) is 11.5 Å². The molecule has 1 aliphatic carbocycles. The molecule has 1 aliphatic rings. The van der Waals surface area contributed by atoms with Crippen molar-refractivity contribution >= 4 is 23.6 Å². The lowest BCUT2D eigenvalue weighted by Gasteiger charge is -2.41. The summed E-state index contributed by atoms with van der Waals surface area (Å²) < 4.78 is 0. The molecule has 0 heterocycles. The molecule has 0 fully saturated rings. The fourth-order valence-corrected chi connectivity index (χ4v) is 11.0. The normalized spacial score (nSPS) is 16.2. The molecule has 30 heavy (non-hydrogen) atoms. The van der Waals surface area contributed by atoms with Gasteiger partial charge in [-0.3, -0.25) is 0 Å². The maximum Gasteiger partial charge on any atom is 0.159 e. The Morgan fingerprint density at radius 2 is 1.10 bits per heavy atom. The smallest absolute Gasteiger partial charge is 0.0790 e. The molecule has 0 nitrogen and oxygen atoms in total. The van der Waals surface area contributed by atoms with E-state index >= 15 is 0 Å². The molecular formula is C29H32Si. The zero-order chi connectivity index (χ0) is 21.3. The second-order valence-electron chi connectivity index (χ2n) is 9.10. The average Bonchev–Trinajstić information content (AvgIpc) is 3.19. The largest absolute Gasteiger partial charge is 0.159 e. The van der Waals surface area contributed by atoms with Crippen LogP contribution in [-0.2, 0) is 0 Å². The standard InChI is InChI=1S/C29H32Si/c1-21(2)28-16-9-17-29(28)30(25-13-6-10-22(3)18-25,26-14-7-11-23(4)19-26)27-15-8-12-24(5)20-27/h6-21,29H,1-5H3. The van der Waals surface area contributed by atoms with Gasteiger partial charge in [0.2, 0.25) is 0 Å². The highest BCUT2D eigenvalue weighted by Gasteiger charge is 2.48. The number of allylic oxidation sites excluding steroid dienone is 4. The second kappa shape index (κ2) is 8.24. The highest BCUT2D eigenvalue weighted by Crippen LogP contribution is 2.39. The van der Waals surface area contributed by atoms with Crippen molar-refractivity contribution in [1.82, 2.24) is 0 Å². The van der Waals surface area contributed by atoms with Gasteiger partial charge in [0.1, 0.15) is 0 Å². The van der Waals surface area contributed by atoms with E-state index in [4.69, 9.17) is 0 Å². The fourth-order valence-electron chi connectivity index (χ4n) is 5.15. The topological polar surface area (TPSA) is 0 Å². The summed E-state index contributed by atoms with van der Waals surface area (Å²) in [4.78, 5) is 0. The van der Waals surface area contributed by atoms with Crippen LogP contribution in [0.1, 0.15) is 30.5 Å². The number of hydrogen-bond donors (Lipinski definition) is 0. The number of rotatable bonds is 5. The number of benzene rings is 3. The van der Waals surface area contributed by atoms with Gasteiger partial charge >= 0.3 is 0 Å². The minimum atomic E-state index is -2.37. The van der Waals surface area contributed by atoms with Crippen LogP contribution >= 0.6 is 0 Å². The van der Waals surface area contributed by atoms with Crippen molar-refractivity contribution < 1.29 is 0 Å². The molecule has 0 aromatic heterocycles. The predicted molar refractivity (Wildman–Crippen MR) is 134 cm³/mol. The molecular weight excluding hydrogens is 376 g/mol. The molecule has 0 spiro atoms. The summed E-state index contributed by atoms with van der Waals surface area (Å²) in [6.07, 6.45) is 7.15. The van der Waals surface area contributed by atoms with Crippen LogP contribution in [0.3, 0.4) is 0 Å². The van der Waals surface area contributed by atoms with Gasteiger partial charge in [-0.05, 0) is 42.2 Å².